The van der Waals surface area contributed by atoms with Crippen LogP contribution in [0.1, 0.15) is 23.1 Å². The lowest BCUT2D eigenvalue weighted by Crippen LogP contribution is -3.00. The molecule has 0 spiro atoms. The van der Waals surface area contributed by atoms with Gasteiger partial charge in [0.05, 0.1) is 23.8 Å². The molecule has 5 nitrogen and oxygen atoms in total. The van der Waals surface area contributed by atoms with Crippen LogP contribution in [-0.2, 0) is 19.7 Å². The highest BCUT2D eigenvalue weighted by Gasteiger charge is 2.25. The molecule has 4 aromatic rings. The van der Waals surface area contributed by atoms with Crippen LogP contribution >= 0.6 is 46.0 Å². The number of fused-ring (bicyclic) bond motifs is 1. The summed E-state index contributed by atoms with van der Waals surface area (Å²) in [6.07, 6.45) is 4.14. The van der Waals surface area contributed by atoms with E-state index in [0.717, 1.165) is 40.9 Å². The van der Waals surface area contributed by atoms with Crippen molar-refractivity contribution < 1.29 is 22.1 Å². The molecule has 3 heterocycles. The number of benzene rings is 2. The molecule has 0 radical (unpaired) electrons. The Bertz CT molecular complexity index is 1560. The Labute approximate surface area is 226 Å². The number of thioether (sulfide) groups is 1. The van der Waals surface area contributed by atoms with Crippen LogP contribution in [0, 0.1) is 0 Å². The van der Waals surface area contributed by atoms with Crippen LogP contribution in [-0.4, -0.2) is 16.7 Å². The normalized spacial score (nSPS) is 14.9. The Morgan fingerprint density at radius 2 is 1.94 bits per heavy atom. The zero-order valence-corrected chi connectivity index (χ0v) is 23.0. The summed E-state index contributed by atoms with van der Waals surface area (Å²) in [4.78, 5) is 16.5. The maximum Gasteiger partial charge on any atom is 0.271 e. The molecule has 1 aliphatic heterocycles. The standard InChI is InChI=1S/C25H23ClN3O2S3.ClH/c1-3-29-22(13-21-28(10-11-32-21)14-16-6-4-5-7-17(16)15-30)34-23(24(29)31)25-27(2)19-9-8-18(26)12-20(19)33-25;/h4-13,30H,3,14-15H2,1-2H3;1H/q+1;/p-1/b25-23+;. The molecule has 5 rings (SSSR count). The van der Waals surface area contributed by atoms with E-state index in [4.69, 9.17) is 11.6 Å². The summed E-state index contributed by atoms with van der Waals surface area (Å²) in [6.45, 7) is 3.27. The fourth-order valence-electron chi connectivity index (χ4n) is 4.01. The zero-order valence-electron chi connectivity index (χ0n) is 19.1. The minimum Gasteiger partial charge on any atom is -1.00 e. The molecule has 0 amide bonds. The molecular formula is C25H23Cl2N3O2S3. The van der Waals surface area contributed by atoms with Crippen molar-refractivity contribution in [3.63, 3.8) is 0 Å². The number of anilines is 1. The highest BCUT2D eigenvalue weighted by molar-refractivity contribution is 8.08. The SMILES string of the molecule is CCn1c(=O)/c(=C2\Sc3cc(Cl)ccc3N2C)s/c1=C\c1scc[n+]1Cc1ccccc1CO.[Cl-]. The van der Waals surface area contributed by atoms with Gasteiger partial charge in [0.2, 0.25) is 0 Å². The van der Waals surface area contributed by atoms with Crippen molar-refractivity contribution in [1.82, 2.24) is 4.57 Å². The maximum atomic E-state index is 13.4. The highest BCUT2D eigenvalue weighted by Crippen LogP contribution is 2.46. The van der Waals surface area contributed by atoms with Crippen molar-refractivity contribution in [3.8, 4) is 0 Å². The average molecular weight is 565 g/mol. The van der Waals surface area contributed by atoms with Crippen LogP contribution in [0.2, 0.25) is 5.02 Å². The Balaban J connectivity index is 0.00000289. The van der Waals surface area contributed by atoms with Crippen molar-refractivity contribution in [2.45, 2.75) is 31.5 Å². The lowest BCUT2D eigenvalue weighted by molar-refractivity contribution is -0.685. The third-order valence-electron chi connectivity index (χ3n) is 5.81. The molecule has 0 aliphatic carbocycles. The fraction of sp³-hybridized carbons (Fsp3) is 0.200. The first-order valence-corrected chi connectivity index (χ1v) is 13.7. The zero-order chi connectivity index (χ0) is 23.8. The third kappa shape index (κ3) is 4.96. The molecule has 0 saturated heterocycles. The summed E-state index contributed by atoms with van der Waals surface area (Å²) in [6, 6.07) is 13.7. The van der Waals surface area contributed by atoms with Gasteiger partial charge >= 0.3 is 0 Å². The molecule has 2 aromatic carbocycles. The third-order valence-corrected chi connectivity index (χ3v) is 9.36. The monoisotopic (exact) mass is 563 g/mol. The first kappa shape index (κ1) is 26.0. The summed E-state index contributed by atoms with van der Waals surface area (Å²) >= 11 is 10.9. The van der Waals surface area contributed by atoms with Gasteiger partial charge in [-0.25, -0.2) is 0 Å². The van der Waals surface area contributed by atoms with Gasteiger partial charge in [-0.3, -0.25) is 9.36 Å². The summed E-state index contributed by atoms with van der Waals surface area (Å²) < 4.78 is 5.65. The van der Waals surface area contributed by atoms with Gasteiger partial charge in [0.15, 0.2) is 12.7 Å². The van der Waals surface area contributed by atoms with Gasteiger partial charge < -0.3 is 22.4 Å². The highest BCUT2D eigenvalue weighted by atomic mass is 35.5. The quantitative estimate of drug-likeness (QED) is 0.361. The van der Waals surface area contributed by atoms with Gasteiger partial charge in [-0.1, -0.05) is 59.0 Å². The van der Waals surface area contributed by atoms with E-state index < -0.39 is 0 Å². The van der Waals surface area contributed by atoms with Crippen LogP contribution in [0.15, 0.2) is 63.7 Å². The summed E-state index contributed by atoms with van der Waals surface area (Å²) in [5.41, 5.74) is 3.09. The molecule has 1 aliphatic rings. The molecule has 1 N–H and O–H groups in total. The fourth-order valence-corrected chi connectivity index (χ4v) is 7.60. The number of hydrogen-bond donors (Lipinski definition) is 1. The second kappa shape index (κ2) is 10.9. The van der Waals surface area contributed by atoms with Gasteiger partial charge in [0, 0.05) is 29.1 Å². The van der Waals surface area contributed by atoms with E-state index >= 15 is 0 Å². The number of rotatable bonds is 5. The molecule has 0 saturated carbocycles. The van der Waals surface area contributed by atoms with Crippen LogP contribution < -0.4 is 36.6 Å². The molecule has 2 aromatic heterocycles. The van der Waals surface area contributed by atoms with Crippen molar-refractivity contribution in [2.75, 3.05) is 11.9 Å². The van der Waals surface area contributed by atoms with Crippen LogP contribution in [0.25, 0.3) is 11.1 Å². The number of aliphatic hydroxyl groups is 1. The van der Waals surface area contributed by atoms with Crippen molar-refractivity contribution in [3.05, 3.63) is 94.7 Å². The van der Waals surface area contributed by atoms with E-state index in [1.807, 2.05) is 72.6 Å². The minimum absolute atomic E-state index is 0. The number of aliphatic hydroxyl groups excluding tert-OH is 1. The number of hydrogen-bond acceptors (Lipinski definition) is 6. The molecular weight excluding hydrogens is 541 g/mol. The smallest absolute Gasteiger partial charge is 0.271 e. The van der Waals surface area contributed by atoms with Gasteiger partial charge in [0.1, 0.15) is 14.2 Å². The summed E-state index contributed by atoms with van der Waals surface area (Å²) in [7, 11) is 1.99. The number of thiazole rings is 2. The van der Waals surface area contributed by atoms with E-state index in [-0.39, 0.29) is 24.6 Å². The number of aromatic nitrogens is 2. The molecule has 0 unspecified atom stereocenters. The number of nitrogens with zero attached hydrogens (tertiary/aromatic N) is 3. The molecule has 0 atom stereocenters. The molecule has 0 bridgehead atoms. The summed E-state index contributed by atoms with van der Waals surface area (Å²) in [5, 5.41) is 14.4. The first-order valence-electron chi connectivity index (χ1n) is 10.8. The molecule has 10 heteroatoms. The first-order chi connectivity index (χ1) is 16.5. The van der Waals surface area contributed by atoms with Crippen LogP contribution in [0.4, 0.5) is 5.69 Å². The van der Waals surface area contributed by atoms with Crippen molar-refractivity contribution >= 4 is 62.8 Å². The second-order valence-corrected chi connectivity index (χ2v) is 11.3. The predicted molar refractivity (Wildman–Crippen MR) is 142 cm³/mol. The van der Waals surface area contributed by atoms with E-state index in [1.54, 1.807) is 23.1 Å². The van der Waals surface area contributed by atoms with Gasteiger partial charge in [-0.15, -0.1) is 11.3 Å². The van der Waals surface area contributed by atoms with Gasteiger partial charge in [0.25, 0.3) is 10.6 Å². The molecule has 182 valence electrons. The Morgan fingerprint density at radius 1 is 1.17 bits per heavy atom. The minimum atomic E-state index is 0. The Hall–Kier alpha value is -2.07. The van der Waals surface area contributed by atoms with Gasteiger partial charge in [-0.05, 0) is 30.7 Å². The average Bonchev–Trinajstić information content (AvgIpc) is 3.50. The number of halogens is 2. The van der Waals surface area contributed by atoms with Crippen LogP contribution in [0.5, 0.6) is 0 Å². The topological polar surface area (TPSA) is 49.4 Å². The van der Waals surface area contributed by atoms with E-state index in [1.165, 1.54) is 11.3 Å². The van der Waals surface area contributed by atoms with E-state index in [0.29, 0.717) is 18.1 Å². The predicted octanol–water partition coefficient (Wildman–Crippen LogP) is 0.613. The second-order valence-electron chi connectivity index (χ2n) is 7.84. The van der Waals surface area contributed by atoms with Gasteiger partial charge in [-0.2, -0.15) is 4.57 Å². The largest absolute Gasteiger partial charge is 1.00 e. The van der Waals surface area contributed by atoms with E-state index in [2.05, 4.69) is 15.5 Å². The molecule has 0 fully saturated rings. The van der Waals surface area contributed by atoms with Crippen molar-refractivity contribution in [1.29, 1.82) is 0 Å². The van der Waals surface area contributed by atoms with E-state index in [9.17, 15) is 9.90 Å². The lowest BCUT2D eigenvalue weighted by Gasteiger charge is -2.12. The Morgan fingerprint density at radius 3 is 2.69 bits per heavy atom. The summed E-state index contributed by atoms with van der Waals surface area (Å²) in [5.74, 6) is 0. The Kier molecular flexibility index (Phi) is 8.10. The molecule has 35 heavy (non-hydrogen) atoms. The van der Waals surface area contributed by atoms with Crippen molar-refractivity contribution in [2.24, 2.45) is 0 Å². The maximum absolute atomic E-state index is 13.4. The van der Waals surface area contributed by atoms with Crippen LogP contribution in [0.3, 0.4) is 0 Å². The lowest BCUT2D eigenvalue weighted by atomic mass is 10.1.